The molecular formula is C54H42O. The monoisotopic (exact) mass is 706 g/mol. The number of hydrogen-bond donors (Lipinski definition) is 0. The van der Waals surface area contributed by atoms with Crippen LogP contribution in [0.2, 0.25) is 0 Å². The molecule has 0 aliphatic carbocycles. The summed E-state index contributed by atoms with van der Waals surface area (Å²) in [5, 5.41) is 10.0. The molecule has 9 aromatic rings. The largest absolute Gasteiger partial charge is 0.496 e. The van der Waals surface area contributed by atoms with Gasteiger partial charge in [-0.3, -0.25) is 0 Å². The van der Waals surface area contributed by atoms with Crippen LogP contribution in [-0.4, -0.2) is 7.11 Å². The zero-order chi connectivity index (χ0) is 37.3. The number of benzene rings is 9. The van der Waals surface area contributed by atoms with Crippen LogP contribution in [0.1, 0.15) is 30.9 Å². The van der Waals surface area contributed by atoms with Crippen molar-refractivity contribution in [1.29, 1.82) is 0 Å². The molecule has 264 valence electrons. The van der Waals surface area contributed by atoms with Gasteiger partial charge >= 0.3 is 0 Å². The van der Waals surface area contributed by atoms with Crippen LogP contribution >= 0.6 is 0 Å². The van der Waals surface area contributed by atoms with Crippen molar-refractivity contribution in [2.45, 2.75) is 19.8 Å². The topological polar surface area (TPSA) is 9.23 Å². The van der Waals surface area contributed by atoms with Gasteiger partial charge in [0, 0.05) is 5.56 Å². The Morgan fingerprint density at radius 3 is 1.71 bits per heavy atom. The molecule has 0 amide bonds. The van der Waals surface area contributed by atoms with Gasteiger partial charge in [0.2, 0.25) is 0 Å². The summed E-state index contributed by atoms with van der Waals surface area (Å²) in [5.41, 5.74) is 11.0. The molecule has 55 heavy (non-hydrogen) atoms. The zero-order valence-electron chi connectivity index (χ0n) is 31.5. The molecule has 0 fully saturated rings. The minimum absolute atomic E-state index is 0.190. The Kier molecular flexibility index (Phi) is 9.06. The third kappa shape index (κ3) is 6.28. The summed E-state index contributed by atoms with van der Waals surface area (Å²) in [4.78, 5) is 0. The fourth-order valence-corrected chi connectivity index (χ4v) is 8.38. The molecule has 9 rings (SSSR count). The van der Waals surface area contributed by atoms with Crippen LogP contribution in [0.25, 0.3) is 82.0 Å². The number of ether oxygens (including phenoxy) is 1. The van der Waals surface area contributed by atoms with E-state index in [2.05, 4.69) is 208 Å². The molecule has 0 saturated heterocycles. The van der Waals surface area contributed by atoms with Crippen molar-refractivity contribution >= 4 is 48.7 Å². The van der Waals surface area contributed by atoms with Crippen molar-refractivity contribution in [2.24, 2.45) is 0 Å². The average molecular weight is 707 g/mol. The van der Waals surface area contributed by atoms with Crippen LogP contribution in [0.15, 0.2) is 194 Å². The second kappa shape index (κ2) is 14.6. The first-order valence-electron chi connectivity index (χ1n) is 19.1. The fraction of sp³-hybridized carbons (Fsp3) is 0.0741. The SMILES string of the molecule is COc1ccc(C(C)/C=C\C=C(/C)c2c3ccccc3c(-c3ccc(-c4ccccc4)cc3)c3ccccc23)cc1-c1cc2ccccc2c2ccccc12. The Morgan fingerprint density at radius 1 is 0.491 bits per heavy atom. The molecular weight excluding hydrogens is 665 g/mol. The van der Waals surface area contributed by atoms with Crippen molar-refractivity contribution in [1.82, 2.24) is 0 Å². The standard InChI is InChI=1S/C54H42O/c1-36(41-32-33-52(55-3)51(34-41)50-35-42-20-7-8-21-43(42)44-22-9-10-23-45(44)50)16-15-17-37(2)53-46-24-11-13-26-48(46)54(49-27-14-12-25-47(49)53)40-30-28-39(29-31-40)38-18-5-4-6-19-38/h4-36H,1-3H3/b16-15-,37-17+. The summed E-state index contributed by atoms with van der Waals surface area (Å²) in [6, 6.07) is 63.6. The van der Waals surface area contributed by atoms with Crippen molar-refractivity contribution < 1.29 is 4.74 Å². The first-order valence-corrected chi connectivity index (χ1v) is 19.1. The Hall–Kier alpha value is -6.70. The zero-order valence-corrected chi connectivity index (χ0v) is 31.5. The van der Waals surface area contributed by atoms with Gasteiger partial charge in [-0.25, -0.2) is 0 Å². The highest BCUT2D eigenvalue weighted by Crippen LogP contribution is 2.43. The van der Waals surface area contributed by atoms with Crippen LogP contribution < -0.4 is 4.74 Å². The molecule has 0 heterocycles. The van der Waals surface area contributed by atoms with Gasteiger partial charge in [-0.2, -0.15) is 0 Å². The molecule has 0 saturated carbocycles. The fourth-order valence-electron chi connectivity index (χ4n) is 8.38. The minimum Gasteiger partial charge on any atom is -0.496 e. The molecule has 0 spiro atoms. The summed E-state index contributed by atoms with van der Waals surface area (Å²) in [6.45, 7) is 4.51. The molecule has 0 N–H and O–H groups in total. The van der Waals surface area contributed by atoms with E-state index in [1.165, 1.54) is 87.6 Å². The summed E-state index contributed by atoms with van der Waals surface area (Å²) in [7, 11) is 1.76. The molecule has 0 bridgehead atoms. The van der Waals surface area contributed by atoms with Crippen LogP contribution in [0.4, 0.5) is 0 Å². The molecule has 1 unspecified atom stereocenters. The maximum Gasteiger partial charge on any atom is 0.126 e. The van der Waals surface area contributed by atoms with E-state index in [0.29, 0.717) is 0 Å². The van der Waals surface area contributed by atoms with Crippen molar-refractivity contribution in [3.05, 3.63) is 205 Å². The van der Waals surface area contributed by atoms with E-state index in [9.17, 15) is 0 Å². The highest BCUT2D eigenvalue weighted by molar-refractivity contribution is 6.19. The van der Waals surface area contributed by atoms with Gasteiger partial charge in [0.05, 0.1) is 7.11 Å². The highest BCUT2D eigenvalue weighted by atomic mass is 16.5. The summed E-state index contributed by atoms with van der Waals surface area (Å²) < 4.78 is 5.96. The lowest BCUT2D eigenvalue weighted by atomic mass is 9.85. The normalized spacial score (nSPS) is 12.6. The van der Waals surface area contributed by atoms with Gasteiger partial charge in [-0.05, 0) is 119 Å². The first-order chi connectivity index (χ1) is 27.1. The number of rotatable bonds is 8. The number of hydrogen-bond acceptors (Lipinski definition) is 1. The average Bonchev–Trinajstić information content (AvgIpc) is 3.25. The molecule has 1 atom stereocenters. The second-order valence-corrected chi connectivity index (χ2v) is 14.5. The predicted octanol–water partition coefficient (Wildman–Crippen LogP) is 15.1. The van der Waals surface area contributed by atoms with E-state index >= 15 is 0 Å². The van der Waals surface area contributed by atoms with E-state index in [0.717, 1.165) is 11.3 Å². The molecule has 0 radical (unpaired) electrons. The van der Waals surface area contributed by atoms with Crippen LogP contribution in [-0.2, 0) is 0 Å². The summed E-state index contributed by atoms with van der Waals surface area (Å²) in [5.74, 6) is 1.07. The molecule has 1 nitrogen and oxygen atoms in total. The van der Waals surface area contributed by atoms with Crippen molar-refractivity contribution in [2.75, 3.05) is 7.11 Å². The van der Waals surface area contributed by atoms with Gasteiger partial charge in [-0.1, -0.05) is 183 Å². The smallest absolute Gasteiger partial charge is 0.126 e. The van der Waals surface area contributed by atoms with Gasteiger partial charge < -0.3 is 4.74 Å². The Morgan fingerprint density at radius 2 is 1.04 bits per heavy atom. The minimum atomic E-state index is 0.190. The second-order valence-electron chi connectivity index (χ2n) is 14.5. The lowest BCUT2D eigenvalue weighted by Crippen LogP contribution is -1.95. The predicted molar refractivity (Wildman–Crippen MR) is 237 cm³/mol. The summed E-state index contributed by atoms with van der Waals surface area (Å²) >= 11 is 0. The highest BCUT2D eigenvalue weighted by Gasteiger charge is 2.17. The quantitative estimate of drug-likeness (QED) is 0.0868. The first kappa shape index (κ1) is 34.1. The number of fused-ring (bicyclic) bond motifs is 5. The van der Waals surface area contributed by atoms with Crippen LogP contribution in [0, 0.1) is 0 Å². The van der Waals surface area contributed by atoms with Crippen molar-refractivity contribution in [3.8, 4) is 39.1 Å². The summed E-state index contributed by atoms with van der Waals surface area (Å²) in [6.07, 6.45) is 6.82. The van der Waals surface area contributed by atoms with Crippen LogP contribution in [0.3, 0.4) is 0 Å². The van der Waals surface area contributed by atoms with E-state index in [1.54, 1.807) is 7.11 Å². The third-order valence-electron chi connectivity index (χ3n) is 11.2. The molecule has 9 aromatic carbocycles. The Labute approximate surface area is 323 Å². The lowest BCUT2D eigenvalue weighted by Gasteiger charge is -2.18. The third-order valence-corrected chi connectivity index (χ3v) is 11.2. The van der Waals surface area contributed by atoms with Crippen LogP contribution in [0.5, 0.6) is 5.75 Å². The number of allylic oxidation sites excluding steroid dienone is 4. The van der Waals surface area contributed by atoms with E-state index in [-0.39, 0.29) is 5.92 Å². The molecule has 0 aliphatic rings. The molecule has 1 heteroatoms. The lowest BCUT2D eigenvalue weighted by molar-refractivity contribution is 0.416. The van der Waals surface area contributed by atoms with Gasteiger partial charge in [-0.15, -0.1) is 0 Å². The van der Waals surface area contributed by atoms with E-state index in [4.69, 9.17) is 4.74 Å². The maximum absolute atomic E-state index is 5.96. The molecule has 0 aromatic heterocycles. The van der Waals surface area contributed by atoms with E-state index < -0.39 is 0 Å². The van der Waals surface area contributed by atoms with Gasteiger partial charge in [0.15, 0.2) is 0 Å². The van der Waals surface area contributed by atoms with E-state index in [1.807, 2.05) is 0 Å². The molecule has 0 aliphatic heterocycles. The Bertz CT molecular complexity index is 2850. The van der Waals surface area contributed by atoms with Gasteiger partial charge in [0.1, 0.15) is 5.75 Å². The Balaban J connectivity index is 1.08. The van der Waals surface area contributed by atoms with Crippen molar-refractivity contribution in [3.63, 3.8) is 0 Å². The van der Waals surface area contributed by atoms with Gasteiger partial charge in [0.25, 0.3) is 0 Å². The maximum atomic E-state index is 5.96. The number of methoxy groups -OCH3 is 1.